The van der Waals surface area contributed by atoms with Crippen molar-refractivity contribution in [3.05, 3.63) is 62.4 Å². The van der Waals surface area contributed by atoms with E-state index in [1.54, 1.807) is 19.2 Å². The molecule has 1 saturated heterocycles. The molecule has 6 nitrogen and oxygen atoms in total. The number of nitriles is 1. The summed E-state index contributed by atoms with van der Waals surface area (Å²) in [6.45, 7) is 4.13. The van der Waals surface area contributed by atoms with Gasteiger partial charge < -0.3 is 14.2 Å². The zero-order valence-electron chi connectivity index (χ0n) is 19.7. The standard InChI is InChI=1S/C26H28Cl2N4O2/c1-16-12-18(15-29)13-22-25(16)30-23(31(22)2)14-20-21(27)5-4-19(24(20)28)26(33)32-9-6-17(7-10-32)8-11-34-3/h4-5,12-13,17H,6-11,14H2,1-3H3. The van der Waals surface area contributed by atoms with Gasteiger partial charge >= 0.3 is 0 Å². The number of aryl methyl sites for hydroxylation is 2. The summed E-state index contributed by atoms with van der Waals surface area (Å²) >= 11 is 13.3. The van der Waals surface area contributed by atoms with Crippen LogP contribution in [0.25, 0.3) is 11.0 Å². The minimum atomic E-state index is -0.0624. The van der Waals surface area contributed by atoms with Crippen molar-refractivity contribution in [2.24, 2.45) is 13.0 Å². The maximum atomic E-state index is 13.3. The molecule has 0 N–H and O–H groups in total. The number of piperidine rings is 1. The van der Waals surface area contributed by atoms with Crippen molar-refractivity contribution in [2.45, 2.75) is 32.6 Å². The fourth-order valence-corrected chi connectivity index (χ4v) is 5.28. The summed E-state index contributed by atoms with van der Waals surface area (Å²) in [5.41, 5.74) is 4.40. The van der Waals surface area contributed by atoms with E-state index in [2.05, 4.69) is 6.07 Å². The average molecular weight is 499 g/mol. The van der Waals surface area contributed by atoms with Crippen molar-refractivity contribution < 1.29 is 9.53 Å². The number of halogens is 2. The number of ether oxygens (including phenoxy) is 1. The molecule has 3 aromatic rings. The van der Waals surface area contributed by atoms with Gasteiger partial charge in [-0.1, -0.05) is 23.2 Å². The van der Waals surface area contributed by atoms with E-state index >= 15 is 0 Å². The number of nitrogens with zero attached hydrogens (tertiary/aromatic N) is 4. The number of methoxy groups -OCH3 is 1. The highest BCUT2D eigenvalue weighted by Crippen LogP contribution is 2.33. The normalized spacial score (nSPS) is 14.5. The van der Waals surface area contributed by atoms with E-state index < -0.39 is 0 Å². The van der Waals surface area contributed by atoms with Gasteiger partial charge in [-0.3, -0.25) is 4.79 Å². The zero-order chi connectivity index (χ0) is 24.4. The maximum absolute atomic E-state index is 13.3. The van der Waals surface area contributed by atoms with Crippen molar-refractivity contribution in [1.29, 1.82) is 5.26 Å². The molecule has 0 bridgehead atoms. The molecule has 0 radical (unpaired) electrons. The van der Waals surface area contributed by atoms with Gasteiger partial charge in [0, 0.05) is 45.3 Å². The summed E-state index contributed by atoms with van der Waals surface area (Å²) in [5.74, 6) is 1.29. The summed E-state index contributed by atoms with van der Waals surface area (Å²) in [7, 11) is 3.63. The van der Waals surface area contributed by atoms with Gasteiger partial charge in [-0.25, -0.2) is 4.98 Å². The first-order valence-corrected chi connectivity index (χ1v) is 12.2. The van der Waals surface area contributed by atoms with Crippen LogP contribution in [0, 0.1) is 24.2 Å². The molecule has 2 heterocycles. The van der Waals surface area contributed by atoms with Gasteiger partial charge in [0.1, 0.15) is 5.82 Å². The lowest BCUT2D eigenvalue weighted by molar-refractivity contribution is 0.0670. The van der Waals surface area contributed by atoms with E-state index in [0.29, 0.717) is 52.2 Å². The van der Waals surface area contributed by atoms with Crippen molar-refractivity contribution in [3.63, 3.8) is 0 Å². The first-order chi connectivity index (χ1) is 16.3. The Balaban J connectivity index is 1.59. The number of benzene rings is 2. The number of carbonyl (C=O) groups is 1. The number of amides is 1. The lowest BCUT2D eigenvalue weighted by Crippen LogP contribution is -2.38. The van der Waals surface area contributed by atoms with E-state index in [1.165, 1.54) is 0 Å². The molecule has 1 aliphatic rings. The topological polar surface area (TPSA) is 71.2 Å². The van der Waals surface area contributed by atoms with Crippen LogP contribution in [0.1, 0.15) is 52.1 Å². The molecule has 1 aliphatic heterocycles. The molecule has 1 amide bonds. The Kier molecular flexibility index (Phi) is 7.47. The number of carbonyl (C=O) groups excluding carboxylic acids is 1. The summed E-state index contributed by atoms with van der Waals surface area (Å²) < 4.78 is 7.14. The van der Waals surface area contributed by atoms with Crippen LogP contribution >= 0.6 is 23.2 Å². The fraction of sp³-hybridized carbons (Fsp3) is 0.423. The van der Waals surface area contributed by atoms with E-state index in [-0.39, 0.29) is 5.91 Å². The summed E-state index contributed by atoms with van der Waals surface area (Å²) in [6, 6.07) is 9.31. The molecule has 0 saturated carbocycles. The van der Waals surface area contributed by atoms with Gasteiger partial charge in [0.05, 0.1) is 33.3 Å². The Morgan fingerprint density at radius 3 is 2.68 bits per heavy atom. The number of hydrogen-bond acceptors (Lipinski definition) is 4. The van der Waals surface area contributed by atoms with Gasteiger partial charge in [-0.2, -0.15) is 5.26 Å². The number of rotatable bonds is 6. The summed E-state index contributed by atoms with van der Waals surface area (Å²) in [5, 5.41) is 10.2. The van der Waals surface area contributed by atoms with Crippen LogP contribution in [0.4, 0.5) is 0 Å². The lowest BCUT2D eigenvalue weighted by Gasteiger charge is -2.32. The molecule has 2 aromatic carbocycles. The van der Waals surface area contributed by atoms with Crippen LogP contribution < -0.4 is 0 Å². The van der Waals surface area contributed by atoms with Crippen molar-refractivity contribution in [3.8, 4) is 6.07 Å². The number of imidazole rings is 1. The van der Waals surface area contributed by atoms with Crippen molar-refractivity contribution in [1.82, 2.24) is 14.5 Å². The van der Waals surface area contributed by atoms with Crippen LogP contribution in [0.15, 0.2) is 24.3 Å². The van der Waals surface area contributed by atoms with E-state index in [0.717, 1.165) is 48.3 Å². The molecule has 4 rings (SSSR count). The smallest absolute Gasteiger partial charge is 0.255 e. The highest BCUT2D eigenvalue weighted by atomic mass is 35.5. The van der Waals surface area contributed by atoms with E-state index in [9.17, 15) is 10.1 Å². The second-order valence-corrected chi connectivity index (χ2v) is 9.73. The highest BCUT2D eigenvalue weighted by molar-refractivity contribution is 6.38. The molecular formula is C26H28Cl2N4O2. The molecular weight excluding hydrogens is 471 g/mol. The second-order valence-electron chi connectivity index (χ2n) is 8.94. The Bertz CT molecular complexity index is 1270. The third-order valence-electron chi connectivity index (χ3n) is 6.78. The molecule has 0 spiro atoms. The van der Waals surface area contributed by atoms with Gasteiger partial charge in [0.25, 0.3) is 5.91 Å². The van der Waals surface area contributed by atoms with E-state index in [1.807, 2.05) is 35.6 Å². The van der Waals surface area contributed by atoms with Crippen LogP contribution in [-0.4, -0.2) is 47.2 Å². The summed E-state index contributed by atoms with van der Waals surface area (Å²) in [6.07, 6.45) is 3.34. The number of fused-ring (bicyclic) bond motifs is 1. The van der Waals surface area contributed by atoms with E-state index in [4.69, 9.17) is 32.9 Å². The number of hydrogen-bond donors (Lipinski definition) is 0. The predicted molar refractivity (Wildman–Crippen MR) is 135 cm³/mol. The minimum absolute atomic E-state index is 0.0624. The largest absolute Gasteiger partial charge is 0.385 e. The fourth-order valence-electron chi connectivity index (χ4n) is 4.69. The molecule has 1 fully saturated rings. The van der Waals surface area contributed by atoms with Gasteiger partial charge in [-0.05, 0) is 67.5 Å². The van der Waals surface area contributed by atoms with Crippen LogP contribution in [-0.2, 0) is 18.2 Å². The van der Waals surface area contributed by atoms with Crippen LogP contribution in [0.2, 0.25) is 10.0 Å². The molecule has 34 heavy (non-hydrogen) atoms. The second kappa shape index (κ2) is 10.4. The SMILES string of the molecule is COCCC1CCN(C(=O)c2ccc(Cl)c(Cc3nc4c(C)cc(C#N)cc4n3C)c2Cl)CC1. The molecule has 0 unspecified atom stereocenters. The number of aromatic nitrogens is 2. The highest BCUT2D eigenvalue weighted by Gasteiger charge is 2.26. The third-order valence-corrected chi connectivity index (χ3v) is 7.57. The quantitative estimate of drug-likeness (QED) is 0.447. The van der Waals surface area contributed by atoms with Crippen molar-refractivity contribution in [2.75, 3.05) is 26.8 Å². The van der Waals surface area contributed by atoms with Gasteiger partial charge in [-0.15, -0.1) is 0 Å². The Morgan fingerprint density at radius 2 is 2.00 bits per heavy atom. The number of likely N-dealkylation sites (tertiary alicyclic amines) is 1. The Morgan fingerprint density at radius 1 is 1.26 bits per heavy atom. The minimum Gasteiger partial charge on any atom is -0.385 e. The molecule has 0 atom stereocenters. The molecule has 178 valence electrons. The lowest BCUT2D eigenvalue weighted by atomic mass is 9.93. The molecule has 8 heteroatoms. The monoisotopic (exact) mass is 498 g/mol. The molecule has 1 aromatic heterocycles. The Hall–Kier alpha value is -2.59. The average Bonchev–Trinajstić information content (AvgIpc) is 3.16. The van der Waals surface area contributed by atoms with Crippen molar-refractivity contribution >= 4 is 40.1 Å². The Labute approximate surface area is 210 Å². The summed E-state index contributed by atoms with van der Waals surface area (Å²) in [4.78, 5) is 20.0. The first kappa shape index (κ1) is 24.5. The zero-order valence-corrected chi connectivity index (χ0v) is 21.2. The third kappa shape index (κ3) is 4.79. The van der Waals surface area contributed by atoms with Gasteiger partial charge in [0.2, 0.25) is 0 Å². The van der Waals surface area contributed by atoms with Crippen LogP contribution in [0.5, 0.6) is 0 Å². The molecule has 0 aliphatic carbocycles. The first-order valence-electron chi connectivity index (χ1n) is 11.4. The predicted octanol–water partition coefficient (Wildman–Crippen LogP) is 5.54. The van der Waals surface area contributed by atoms with Gasteiger partial charge in [0.15, 0.2) is 0 Å². The maximum Gasteiger partial charge on any atom is 0.255 e. The van der Waals surface area contributed by atoms with Crippen LogP contribution in [0.3, 0.4) is 0 Å².